The van der Waals surface area contributed by atoms with E-state index in [4.69, 9.17) is 4.18 Å². The van der Waals surface area contributed by atoms with Crippen LogP contribution in [0.1, 0.15) is 84.0 Å². The van der Waals surface area contributed by atoms with Gasteiger partial charge in [-0.3, -0.25) is 9.80 Å². The van der Waals surface area contributed by atoms with Crippen LogP contribution in [0, 0.1) is 6.92 Å². The Morgan fingerprint density at radius 1 is 0.661 bits per heavy atom. The maximum Gasteiger partial charge on any atom is 1.00 e. The Labute approximate surface area is 414 Å². The second-order valence-electron chi connectivity index (χ2n) is 13.3. The minimum absolute atomic E-state index is 0. The van der Waals surface area contributed by atoms with Gasteiger partial charge in [0.25, 0.3) is 10.1 Å². The van der Waals surface area contributed by atoms with Crippen LogP contribution in [0.3, 0.4) is 0 Å². The Bertz CT molecular complexity index is 2020. The molecular weight excluding hydrogens is 792 g/mol. The summed E-state index contributed by atoms with van der Waals surface area (Å²) in [6.07, 6.45) is 0. The number of phenols is 2. The van der Waals surface area contributed by atoms with Gasteiger partial charge in [0.05, 0.1) is 23.9 Å². The molecule has 1 heterocycles. The predicted molar refractivity (Wildman–Crippen MR) is 174 cm³/mol. The molecule has 3 aromatic rings. The van der Waals surface area contributed by atoms with Crippen LogP contribution in [-0.2, 0) is 52.2 Å². The van der Waals surface area contributed by atoms with Crippen LogP contribution in [0.5, 0.6) is 11.5 Å². The molecule has 0 saturated carbocycles. The normalized spacial score (nSPS) is 15.3. The molecule has 1 unspecified atom stereocenters. The number of carbonyl (C=O) groups excluding carboxylic acids is 4. The van der Waals surface area contributed by atoms with E-state index < -0.39 is 90.5 Å². The standard InChI is InChI=1S/C36H42N2O13S.4Na/c1-19(2)22-10-11-26(25(34(22)47)14-38(17-32(43)44)18-33(45)46)36(27-8-6-7-9-29(27)52(49,50)51-36)28-12-23(20(3)4)35(48)24(21(28)5)13-37(15-30(39)40)16-31(41)42;;;;/h6-12,19-20,47-48H,13-18H2,1-5H3,(H,39,40)(H,41,42)(H,43,44)(H,45,46);;;;/q;4*+1/p-4. The Hall–Kier alpha value is -1.03. The molecule has 0 aliphatic carbocycles. The minimum Gasteiger partial charge on any atom is -0.549 e. The zero-order valence-corrected chi connectivity index (χ0v) is 41.9. The summed E-state index contributed by atoms with van der Waals surface area (Å²) in [4.78, 5) is 48.2. The first kappa shape index (κ1) is 55.0. The number of fused-ring (bicyclic) bond motifs is 1. The van der Waals surface area contributed by atoms with Crippen molar-refractivity contribution in [3.8, 4) is 11.5 Å². The Morgan fingerprint density at radius 2 is 1.09 bits per heavy atom. The van der Waals surface area contributed by atoms with E-state index in [0.29, 0.717) is 5.56 Å². The molecule has 0 amide bonds. The number of aromatic hydroxyl groups is 2. The van der Waals surface area contributed by atoms with Gasteiger partial charge in [0.1, 0.15) is 16.4 Å². The largest absolute Gasteiger partial charge is 1.00 e. The van der Waals surface area contributed by atoms with Crippen LogP contribution in [0.4, 0.5) is 0 Å². The maximum absolute atomic E-state index is 13.9. The third kappa shape index (κ3) is 12.0. The molecular formula is C36H38N2Na4O13S. The number of phenolic OH excluding ortho intramolecular Hbond substituents is 2. The molecule has 1 aliphatic rings. The smallest absolute Gasteiger partial charge is 0.549 e. The van der Waals surface area contributed by atoms with E-state index in [9.17, 15) is 58.2 Å². The van der Waals surface area contributed by atoms with Gasteiger partial charge in [-0.25, -0.2) is 4.18 Å². The van der Waals surface area contributed by atoms with Crippen LogP contribution in [0.25, 0.3) is 0 Å². The Morgan fingerprint density at radius 3 is 1.54 bits per heavy atom. The monoisotopic (exact) mass is 830 g/mol. The molecule has 0 saturated heterocycles. The van der Waals surface area contributed by atoms with Crippen molar-refractivity contribution in [1.82, 2.24) is 9.80 Å². The van der Waals surface area contributed by atoms with Gasteiger partial charge in [-0.1, -0.05) is 58.0 Å². The van der Waals surface area contributed by atoms with Gasteiger partial charge in [-0.05, 0) is 53.1 Å². The zero-order chi connectivity index (χ0) is 38.9. The van der Waals surface area contributed by atoms with Gasteiger partial charge in [0.2, 0.25) is 0 Å². The van der Waals surface area contributed by atoms with Crippen molar-refractivity contribution in [2.45, 2.75) is 70.0 Å². The summed E-state index contributed by atoms with van der Waals surface area (Å²) in [6, 6.07) is 10.3. The number of carboxylic acids is 4. The number of nitrogens with zero attached hydrogens (tertiary/aromatic N) is 2. The van der Waals surface area contributed by atoms with Crippen LogP contribution in [0.2, 0.25) is 0 Å². The first-order chi connectivity index (χ1) is 24.2. The molecule has 4 rings (SSSR count). The maximum atomic E-state index is 13.9. The van der Waals surface area contributed by atoms with Crippen molar-refractivity contribution in [1.29, 1.82) is 0 Å². The third-order valence-electron chi connectivity index (χ3n) is 8.98. The second kappa shape index (κ2) is 22.5. The van der Waals surface area contributed by atoms with Crippen LogP contribution in [0.15, 0.2) is 47.4 Å². The molecule has 0 fully saturated rings. The zero-order valence-electron chi connectivity index (χ0n) is 33.1. The summed E-state index contributed by atoms with van der Waals surface area (Å²) in [5.41, 5.74) is -1.41. The SMILES string of the molecule is Cc1c(C2(c3ccc(C(C)C)c(O)c3CN(CC(=O)[O-])CC(=O)[O-])OS(=O)(=O)c3ccccc32)cc(C(C)C)c(O)c1CN(CC(=O)[O-])CC(=O)[O-].[Na+].[Na+].[Na+].[Na+]. The predicted octanol–water partition coefficient (Wildman–Crippen LogP) is -13.7. The van der Waals surface area contributed by atoms with Crippen molar-refractivity contribution in [2.75, 3.05) is 26.2 Å². The number of aliphatic carboxylic acids is 4. The molecule has 280 valence electrons. The van der Waals surface area contributed by atoms with Crippen molar-refractivity contribution >= 4 is 34.0 Å². The third-order valence-corrected chi connectivity index (χ3v) is 10.3. The minimum atomic E-state index is -4.61. The number of benzene rings is 3. The molecule has 0 spiro atoms. The van der Waals surface area contributed by atoms with E-state index >= 15 is 0 Å². The number of rotatable bonds is 16. The molecule has 2 N–H and O–H groups in total. The summed E-state index contributed by atoms with van der Waals surface area (Å²) in [6.45, 7) is 3.85. The number of carbonyl (C=O) groups is 4. The van der Waals surface area contributed by atoms with E-state index in [2.05, 4.69) is 0 Å². The molecule has 1 atom stereocenters. The molecule has 0 aromatic heterocycles. The molecule has 0 radical (unpaired) electrons. The number of hydrogen-bond acceptors (Lipinski definition) is 15. The van der Waals surface area contributed by atoms with E-state index in [1.54, 1.807) is 33.8 Å². The second-order valence-corrected chi connectivity index (χ2v) is 14.8. The fourth-order valence-electron chi connectivity index (χ4n) is 6.72. The summed E-state index contributed by atoms with van der Waals surface area (Å²) in [5, 5.41) is 70.0. The van der Waals surface area contributed by atoms with Crippen LogP contribution < -0.4 is 139 Å². The van der Waals surface area contributed by atoms with Crippen LogP contribution in [-0.4, -0.2) is 78.5 Å². The quantitative estimate of drug-likeness (QED) is 0.101. The Balaban J connectivity index is 0.00000756. The first-order valence-electron chi connectivity index (χ1n) is 16.2. The summed E-state index contributed by atoms with van der Waals surface area (Å²) < 4.78 is 34.0. The molecule has 15 nitrogen and oxygen atoms in total. The van der Waals surface area contributed by atoms with Crippen LogP contribution >= 0.6 is 0 Å². The number of hydrogen-bond donors (Lipinski definition) is 2. The average Bonchev–Trinajstić information content (AvgIpc) is 3.25. The molecule has 56 heavy (non-hydrogen) atoms. The van der Waals surface area contributed by atoms with E-state index in [0.717, 1.165) is 9.80 Å². The molecule has 20 heteroatoms. The Kier molecular flexibility index (Phi) is 22.1. The van der Waals surface area contributed by atoms with Gasteiger partial charge in [-0.15, -0.1) is 0 Å². The summed E-state index contributed by atoms with van der Waals surface area (Å²) >= 11 is 0. The average molecular weight is 831 g/mol. The number of carboxylic acid groups (broad SMARTS) is 4. The van der Waals surface area contributed by atoms with Crippen molar-refractivity contribution in [3.63, 3.8) is 0 Å². The van der Waals surface area contributed by atoms with Crippen molar-refractivity contribution in [2.24, 2.45) is 0 Å². The topological polar surface area (TPSA) is 251 Å². The van der Waals surface area contributed by atoms with Gasteiger partial charge in [0.15, 0.2) is 5.60 Å². The molecule has 3 aromatic carbocycles. The molecule has 1 aliphatic heterocycles. The van der Waals surface area contributed by atoms with E-state index in [1.807, 2.05) is 0 Å². The first-order valence-corrected chi connectivity index (χ1v) is 17.6. The van der Waals surface area contributed by atoms with Crippen molar-refractivity contribution in [3.05, 3.63) is 87.0 Å². The fourth-order valence-corrected chi connectivity index (χ4v) is 8.14. The molecule has 0 bridgehead atoms. The van der Waals surface area contributed by atoms with Gasteiger partial charge in [-0.2, -0.15) is 8.42 Å². The fraction of sp³-hybridized carbons (Fsp3) is 0.389. The van der Waals surface area contributed by atoms with Gasteiger partial charge >= 0.3 is 118 Å². The van der Waals surface area contributed by atoms with Gasteiger partial charge < -0.3 is 49.8 Å². The summed E-state index contributed by atoms with van der Waals surface area (Å²) in [7, 11) is -4.61. The van der Waals surface area contributed by atoms with Crippen molar-refractivity contribution < 1.29 is 181 Å². The van der Waals surface area contributed by atoms with E-state index in [1.165, 1.54) is 43.3 Å². The van der Waals surface area contributed by atoms with E-state index in [-0.39, 0.29) is 174 Å². The summed E-state index contributed by atoms with van der Waals surface area (Å²) in [5.74, 6) is -8.01. The van der Waals surface area contributed by atoms with Gasteiger partial charge in [0, 0.05) is 61.5 Å².